The van der Waals surface area contributed by atoms with Crippen LogP contribution in [0.15, 0.2) is 36.4 Å². The number of nitrogens with zero attached hydrogens (tertiary/aromatic N) is 2. The summed E-state index contributed by atoms with van der Waals surface area (Å²) in [5.74, 6) is -0.906. The third-order valence-corrected chi connectivity index (χ3v) is 5.19. The molecule has 1 amide bonds. The Hall–Kier alpha value is -2.28. The highest BCUT2D eigenvalue weighted by atomic mass is 35.5. The van der Waals surface area contributed by atoms with Gasteiger partial charge in [0.2, 0.25) is 5.91 Å². The van der Waals surface area contributed by atoms with Gasteiger partial charge in [-0.15, -0.1) is 11.6 Å². The molecule has 0 fully saturated rings. The summed E-state index contributed by atoms with van der Waals surface area (Å²) in [4.78, 5) is 28.5. The van der Waals surface area contributed by atoms with Gasteiger partial charge < -0.3 is 15.0 Å². The number of carboxylic acid groups (broad SMARTS) is 1. The minimum atomic E-state index is -0.961. The van der Waals surface area contributed by atoms with E-state index in [1.54, 1.807) is 41.0 Å². The molecule has 1 heterocycles. The SMILES string of the molecule is CC(C)CC(C(=O)O)n1c(-c2cc(Cl)cc(Cl)c2)nc2cc(NC(=O)CCl)ccc21. The minimum Gasteiger partial charge on any atom is -0.480 e. The largest absolute Gasteiger partial charge is 0.480 e. The minimum absolute atomic E-state index is 0.140. The van der Waals surface area contributed by atoms with Crippen LogP contribution in [-0.4, -0.2) is 32.4 Å². The van der Waals surface area contributed by atoms with Gasteiger partial charge in [0.15, 0.2) is 0 Å². The van der Waals surface area contributed by atoms with Crippen LogP contribution in [0.3, 0.4) is 0 Å². The van der Waals surface area contributed by atoms with Crippen molar-refractivity contribution in [1.29, 1.82) is 0 Å². The second kappa shape index (κ2) is 9.25. The molecular weight excluding hydrogens is 449 g/mol. The number of rotatable bonds is 7. The number of aliphatic carboxylic acids is 1. The second-order valence-electron chi connectivity index (χ2n) is 7.33. The molecule has 1 atom stereocenters. The van der Waals surface area contributed by atoms with Gasteiger partial charge in [-0.2, -0.15) is 0 Å². The van der Waals surface area contributed by atoms with Crippen LogP contribution in [0.1, 0.15) is 26.3 Å². The zero-order valence-electron chi connectivity index (χ0n) is 16.3. The molecule has 0 aliphatic carbocycles. The zero-order valence-corrected chi connectivity index (χ0v) is 18.6. The van der Waals surface area contributed by atoms with Crippen LogP contribution >= 0.6 is 34.8 Å². The lowest BCUT2D eigenvalue weighted by molar-refractivity contribution is -0.141. The van der Waals surface area contributed by atoms with E-state index in [0.717, 1.165) is 0 Å². The fourth-order valence-corrected chi connectivity index (χ4v) is 3.93. The molecule has 30 heavy (non-hydrogen) atoms. The average Bonchev–Trinajstić information content (AvgIpc) is 3.03. The number of carboxylic acids is 1. The van der Waals surface area contributed by atoms with E-state index >= 15 is 0 Å². The zero-order chi connectivity index (χ0) is 22.0. The second-order valence-corrected chi connectivity index (χ2v) is 8.47. The van der Waals surface area contributed by atoms with Gasteiger partial charge in [0.25, 0.3) is 0 Å². The molecule has 0 aliphatic heterocycles. The normalized spacial score (nSPS) is 12.3. The van der Waals surface area contributed by atoms with E-state index in [-0.39, 0.29) is 17.7 Å². The highest BCUT2D eigenvalue weighted by Crippen LogP contribution is 2.35. The third-order valence-electron chi connectivity index (χ3n) is 4.51. The molecular formula is C21H20Cl3N3O3. The van der Waals surface area contributed by atoms with Crippen LogP contribution in [0, 0.1) is 5.92 Å². The summed E-state index contributed by atoms with van der Waals surface area (Å²) < 4.78 is 1.69. The molecule has 0 bridgehead atoms. The highest BCUT2D eigenvalue weighted by molar-refractivity contribution is 6.35. The first-order valence-electron chi connectivity index (χ1n) is 9.26. The van der Waals surface area contributed by atoms with Gasteiger partial charge in [-0.05, 0) is 48.7 Å². The molecule has 1 aromatic heterocycles. The van der Waals surface area contributed by atoms with Crippen LogP contribution in [0.4, 0.5) is 5.69 Å². The van der Waals surface area contributed by atoms with E-state index in [1.807, 2.05) is 13.8 Å². The first kappa shape index (κ1) is 22.4. The van der Waals surface area contributed by atoms with Crippen LogP contribution in [0.2, 0.25) is 10.0 Å². The number of halogens is 3. The number of carbonyl (C=O) groups is 2. The Bertz CT molecular complexity index is 1090. The topological polar surface area (TPSA) is 84.2 Å². The lowest BCUT2D eigenvalue weighted by atomic mass is 10.0. The Kier molecular flexibility index (Phi) is 6.91. The molecule has 3 aromatic rings. The molecule has 1 unspecified atom stereocenters. The van der Waals surface area contributed by atoms with Crippen LogP contribution in [-0.2, 0) is 9.59 Å². The Morgan fingerprint density at radius 2 is 1.80 bits per heavy atom. The molecule has 9 heteroatoms. The summed E-state index contributed by atoms with van der Waals surface area (Å²) in [6.45, 7) is 3.93. The maximum atomic E-state index is 12.2. The predicted octanol–water partition coefficient (Wildman–Crippen LogP) is 5.86. The standard InChI is InChI=1S/C21H20Cl3N3O3/c1-11(2)5-18(21(29)30)27-17-4-3-15(25-19(28)10-22)9-16(17)26-20(27)12-6-13(23)8-14(24)7-12/h3-4,6-9,11,18H,5,10H2,1-2H3,(H,25,28)(H,29,30). The molecule has 0 radical (unpaired) electrons. The van der Waals surface area contributed by atoms with Crippen molar-refractivity contribution in [3.05, 3.63) is 46.4 Å². The van der Waals surface area contributed by atoms with Crippen molar-refractivity contribution in [1.82, 2.24) is 9.55 Å². The number of fused-ring (bicyclic) bond motifs is 1. The van der Waals surface area contributed by atoms with E-state index in [0.29, 0.717) is 44.6 Å². The summed E-state index contributed by atoms with van der Waals surface area (Å²) in [5.41, 5.74) is 2.27. The van der Waals surface area contributed by atoms with E-state index in [2.05, 4.69) is 10.3 Å². The number of imidazole rings is 1. The lowest BCUT2D eigenvalue weighted by Crippen LogP contribution is -2.21. The molecule has 6 nitrogen and oxygen atoms in total. The number of carbonyl (C=O) groups excluding carboxylic acids is 1. The van der Waals surface area contributed by atoms with Gasteiger partial charge in [-0.1, -0.05) is 37.0 Å². The molecule has 0 aliphatic rings. The van der Waals surface area contributed by atoms with E-state index in [9.17, 15) is 14.7 Å². The molecule has 0 saturated carbocycles. The van der Waals surface area contributed by atoms with Gasteiger partial charge >= 0.3 is 5.97 Å². The number of aromatic nitrogens is 2. The van der Waals surface area contributed by atoms with Crippen LogP contribution < -0.4 is 5.32 Å². The lowest BCUT2D eigenvalue weighted by Gasteiger charge is -2.20. The van der Waals surface area contributed by atoms with Gasteiger partial charge in [-0.3, -0.25) is 4.79 Å². The Morgan fingerprint density at radius 1 is 1.13 bits per heavy atom. The quantitative estimate of drug-likeness (QED) is 0.425. The number of anilines is 1. The average molecular weight is 469 g/mol. The third kappa shape index (κ3) is 4.89. The first-order chi connectivity index (χ1) is 14.2. The molecule has 2 aromatic carbocycles. The molecule has 2 N–H and O–H groups in total. The van der Waals surface area contributed by atoms with Crippen molar-refractivity contribution >= 4 is 63.4 Å². The number of hydrogen-bond acceptors (Lipinski definition) is 3. The van der Waals surface area contributed by atoms with Crippen molar-refractivity contribution in [2.24, 2.45) is 5.92 Å². The van der Waals surface area contributed by atoms with Crippen molar-refractivity contribution in [3.8, 4) is 11.4 Å². The Morgan fingerprint density at radius 3 is 2.37 bits per heavy atom. The summed E-state index contributed by atoms with van der Waals surface area (Å²) >= 11 is 17.9. The maximum absolute atomic E-state index is 12.2. The number of alkyl halides is 1. The fourth-order valence-electron chi connectivity index (χ4n) is 3.34. The van der Waals surface area contributed by atoms with Gasteiger partial charge in [-0.25, -0.2) is 9.78 Å². The molecule has 0 spiro atoms. The summed E-state index contributed by atoms with van der Waals surface area (Å²) in [7, 11) is 0. The Labute approximate surface area is 188 Å². The smallest absolute Gasteiger partial charge is 0.326 e. The van der Waals surface area contributed by atoms with Gasteiger partial charge in [0.05, 0.1) is 11.0 Å². The summed E-state index contributed by atoms with van der Waals surface area (Å²) in [5, 5.41) is 13.5. The number of benzene rings is 2. The molecule has 3 rings (SSSR count). The van der Waals surface area contributed by atoms with E-state index in [1.165, 1.54) is 0 Å². The van der Waals surface area contributed by atoms with Crippen LogP contribution in [0.5, 0.6) is 0 Å². The predicted molar refractivity (Wildman–Crippen MR) is 121 cm³/mol. The highest BCUT2D eigenvalue weighted by Gasteiger charge is 2.27. The molecule has 0 saturated heterocycles. The number of amides is 1. The van der Waals surface area contributed by atoms with E-state index < -0.39 is 12.0 Å². The van der Waals surface area contributed by atoms with Crippen molar-refractivity contribution in [2.75, 3.05) is 11.2 Å². The summed E-state index contributed by atoms with van der Waals surface area (Å²) in [6, 6.07) is 9.24. The summed E-state index contributed by atoms with van der Waals surface area (Å²) in [6.07, 6.45) is 0.410. The van der Waals surface area contributed by atoms with E-state index in [4.69, 9.17) is 34.8 Å². The van der Waals surface area contributed by atoms with Gasteiger partial charge in [0, 0.05) is 21.3 Å². The van der Waals surface area contributed by atoms with Gasteiger partial charge in [0.1, 0.15) is 17.7 Å². The number of hydrogen-bond donors (Lipinski definition) is 2. The van der Waals surface area contributed by atoms with Crippen molar-refractivity contribution in [2.45, 2.75) is 26.3 Å². The first-order valence-corrected chi connectivity index (χ1v) is 10.6. The molecule has 158 valence electrons. The van der Waals surface area contributed by atoms with Crippen LogP contribution in [0.25, 0.3) is 22.4 Å². The van der Waals surface area contributed by atoms with Crippen molar-refractivity contribution < 1.29 is 14.7 Å². The fraction of sp³-hybridized carbons (Fsp3) is 0.286. The number of nitrogens with one attached hydrogen (secondary N) is 1. The Balaban J connectivity index is 2.25. The monoisotopic (exact) mass is 467 g/mol. The van der Waals surface area contributed by atoms with Crippen molar-refractivity contribution in [3.63, 3.8) is 0 Å². The maximum Gasteiger partial charge on any atom is 0.326 e.